The molecule has 186 valence electrons. The smallest absolute Gasteiger partial charge is 0.314 e. The second-order valence-corrected chi connectivity index (χ2v) is 11.7. The Morgan fingerprint density at radius 3 is 2.89 bits per heavy atom. The number of nitro groups is 1. The van der Waals surface area contributed by atoms with Crippen LogP contribution in [0.1, 0.15) is 67.4 Å². The van der Waals surface area contributed by atoms with Crippen LogP contribution in [-0.4, -0.2) is 31.8 Å². The minimum Gasteiger partial charge on any atom is -0.502 e. The van der Waals surface area contributed by atoms with Crippen molar-refractivity contribution in [1.82, 2.24) is 4.98 Å². The maximum absolute atomic E-state index is 12.6. The lowest BCUT2D eigenvalue weighted by molar-refractivity contribution is -0.386. The number of aromatic hydroxyl groups is 1. The molecule has 3 aliphatic rings. The van der Waals surface area contributed by atoms with Crippen LogP contribution in [0.2, 0.25) is 0 Å². The molecule has 3 aliphatic carbocycles. The van der Waals surface area contributed by atoms with E-state index in [2.05, 4.69) is 22.4 Å². The number of rotatable bonds is 5. The van der Waals surface area contributed by atoms with Gasteiger partial charge in [-0.3, -0.25) is 14.9 Å². The summed E-state index contributed by atoms with van der Waals surface area (Å²) in [6.45, 7) is 4.12. The molecule has 9 nitrogen and oxygen atoms in total. The fraction of sp³-hybridized carbons (Fsp3) is 0.560. The number of oxime groups is 1. The summed E-state index contributed by atoms with van der Waals surface area (Å²) < 4.78 is 0. The molecule has 1 amide bonds. The third kappa shape index (κ3) is 3.97. The molecule has 1 aromatic carbocycles. The first kappa shape index (κ1) is 23.7. The summed E-state index contributed by atoms with van der Waals surface area (Å²) in [5.74, 6) is 0.507. The van der Waals surface area contributed by atoms with Crippen molar-refractivity contribution < 1.29 is 20.0 Å². The second-order valence-electron chi connectivity index (χ2n) is 10.4. The van der Waals surface area contributed by atoms with Crippen molar-refractivity contribution in [2.75, 3.05) is 5.32 Å². The normalized spacial score (nSPS) is 30.4. The molecule has 3 N–H and O–H groups in total. The van der Waals surface area contributed by atoms with Crippen molar-refractivity contribution in [2.45, 2.75) is 64.7 Å². The number of nitrogens with one attached hydrogen (secondary N) is 1. The molecule has 0 aliphatic heterocycles. The summed E-state index contributed by atoms with van der Waals surface area (Å²) in [6, 6.07) is 3.30. The number of fused-ring (bicyclic) bond motifs is 5. The van der Waals surface area contributed by atoms with E-state index >= 15 is 0 Å². The van der Waals surface area contributed by atoms with Crippen molar-refractivity contribution in [2.24, 2.45) is 28.3 Å². The zero-order chi connectivity index (χ0) is 24.9. The zero-order valence-corrected chi connectivity index (χ0v) is 20.7. The van der Waals surface area contributed by atoms with Crippen molar-refractivity contribution in [3.8, 4) is 5.75 Å². The summed E-state index contributed by atoms with van der Waals surface area (Å²) in [5, 5.41) is 38.8. The van der Waals surface area contributed by atoms with E-state index in [0.29, 0.717) is 36.4 Å². The van der Waals surface area contributed by atoms with Gasteiger partial charge >= 0.3 is 5.69 Å². The van der Waals surface area contributed by atoms with Crippen LogP contribution in [-0.2, 0) is 11.2 Å². The summed E-state index contributed by atoms with van der Waals surface area (Å²) in [6.07, 6.45) is 6.43. The predicted octanol–water partition coefficient (Wildman–Crippen LogP) is 5.40. The second kappa shape index (κ2) is 8.89. The van der Waals surface area contributed by atoms with Gasteiger partial charge in [-0.2, -0.15) is 0 Å². The van der Waals surface area contributed by atoms with Crippen LogP contribution in [0.25, 0.3) is 0 Å². The van der Waals surface area contributed by atoms with E-state index in [1.54, 1.807) is 6.20 Å². The molecule has 2 aromatic rings. The van der Waals surface area contributed by atoms with Crippen LogP contribution in [0.15, 0.2) is 23.5 Å². The Morgan fingerprint density at radius 2 is 2.20 bits per heavy atom. The maximum atomic E-state index is 12.6. The van der Waals surface area contributed by atoms with E-state index in [-0.39, 0.29) is 46.4 Å². The van der Waals surface area contributed by atoms with Crippen LogP contribution in [0.4, 0.5) is 10.8 Å². The largest absolute Gasteiger partial charge is 0.502 e. The maximum Gasteiger partial charge on any atom is 0.314 e. The Bertz CT molecular complexity index is 1210. The molecule has 0 radical (unpaired) electrons. The highest BCUT2D eigenvalue weighted by molar-refractivity contribution is 7.15. The number of phenols is 1. The first-order valence-corrected chi connectivity index (χ1v) is 13.0. The molecule has 5 atom stereocenters. The van der Waals surface area contributed by atoms with Gasteiger partial charge in [0.25, 0.3) is 0 Å². The average Bonchev–Trinajstić information content (AvgIpc) is 3.36. The van der Waals surface area contributed by atoms with E-state index < -0.39 is 4.92 Å². The van der Waals surface area contributed by atoms with Crippen LogP contribution < -0.4 is 5.32 Å². The predicted molar refractivity (Wildman–Crippen MR) is 132 cm³/mol. The van der Waals surface area contributed by atoms with Gasteiger partial charge < -0.3 is 15.6 Å². The van der Waals surface area contributed by atoms with Gasteiger partial charge in [-0.15, -0.1) is 11.3 Å². The molecular formula is C25H30N4O5S. The van der Waals surface area contributed by atoms with E-state index in [0.717, 1.165) is 35.4 Å². The van der Waals surface area contributed by atoms with E-state index in [1.165, 1.54) is 17.4 Å². The lowest BCUT2D eigenvalue weighted by Crippen LogP contribution is -2.44. The lowest BCUT2D eigenvalue weighted by Gasteiger charge is -2.50. The van der Waals surface area contributed by atoms with Crippen molar-refractivity contribution in [3.05, 3.63) is 44.4 Å². The molecule has 0 bridgehead atoms. The summed E-state index contributed by atoms with van der Waals surface area (Å²) in [7, 11) is 0. The molecule has 1 heterocycles. The summed E-state index contributed by atoms with van der Waals surface area (Å²) in [5.41, 5.74) is 2.03. The Hall–Kier alpha value is -3.01. The highest BCUT2D eigenvalue weighted by Gasteiger charge is 2.58. The molecule has 10 heteroatoms. The molecule has 35 heavy (non-hydrogen) atoms. The first-order chi connectivity index (χ1) is 16.7. The molecule has 1 aromatic heterocycles. The van der Waals surface area contributed by atoms with Crippen LogP contribution >= 0.6 is 11.3 Å². The van der Waals surface area contributed by atoms with Gasteiger partial charge in [0.2, 0.25) is 5.91 Å². The molecule has 2 saturated carbocycles. The number of carbonyl (C=O) groups is 1. The number of hydrogen-bond acceptors (Lipinski definition) is 8. The van der Waals surface area contributed by atoms with E-state index in [9.17, 15) is 25.2 Å². The number of phenolic OH excluding ortho intramolecular Hbond substituents is 1. The standard InChI is InChI=1S/C25H30N4O5S/c1-13-12-26-24(35-13)27-21(31)8-3-14-11-20(28-32)25(2)10-9-16-15-6-7-19(30)23(29(33)34)18(15)5-4-17(16)22(14)25/h6-7,12,14,16-17,22,30,32H,3-5,8-11H2,1-2H3,(H,26,27,31)/b28-20+/t14-,16?,17?,22?,25-/m1/s1. The van der Waals surface area contributed by atoms with Crippen molar-refractivity contribution >= 4 is 33.8 Å². The minimum absolute atomic E-state index is 0.0668. The number of nitro benzene ring substituents is 1. The Labute approximate surface area is 207 Å². The topological polar surface area (TPSA) is 138 Å². The van der Waals surface area contributed by atoms with Gasteiger partial charge in [0.15, 0.2) is 10.9 Å². The summed E-state index contributed by atoms with van der Waals surface area (Å²) >= 11 is 1.45. The number of aryl methyl sites for hydroxylation is 1. The number of aromatic nitrogens is 1. The monoisotopic (exact) mass is 498 g/mol. The Morgan fingerprint density at radius 1 is 1.40 bits per heavy atom. The number of thiazole rings is 1. The summed E-state index contributed by atoms with van der Waals surface area (Å²) in [4.78, 5) is 29.1. The number of benzene rings is 1. The highest BCUT2D eigenvalue weighted by Crippen LogP contribution is 2.63. The average molecular weight is 499 g/mol. The Kier molecular flexibility index (Phi) is 6.03. The molecular weight excluding hydrogens is 468 g/mol. The first-order valence-electron chi connectivity index (χ1n) is 12.2. The van der Waals surface area contributed by atoms with E-state index in [4.69, 9.17) is 0 Å². The van der Waals surface area contributed by atoms with Crippen LogP contribution in [0.5, 0.6) is 5.75 Å². The fourth-order valence-corrected chi connectivity index (χ4v) is 7.93. The Balaban J connectivity index is 1.40. The number of anilines is 1. The van der Waals surface area contributed by atoms with E-state index in [1.807, 2.05) is 13.0 Å². The van der Waals surface area contributed by atoms with Gasteiger partial charge in [0.1, 0.15) is 0 Å². The minimum atomic E-state index is -0.473. The molecule has 0 saturated heterocycles. The van der Waals surface area contributed by atoms with Gasteiger partial charge in [0, 0.05) is 28.5 Å². The fourth-order valence-electron chi connectivity index (χ4n) is 7.25. The molecule has 0 spiro atoms. The van der Waals surface area contributed by atoms with Crippen molar-refractivity contribution in [3.63, 3.8) is 0 Å². The number of nitrogens with zero attached hydrogens (tertiary/aromatic N) is 3. The van der Waals surface area contributed by atoms with Gasteiger partial charge in [-0.1, -0.05) is 18.1 Å². The highest BCUT2D eigenvalue weighted by atomic mass is 32.1. The quantitative estimate of drug-likeness (QED) is 0.287. The zero-order valence-electron chi connectivity index (χ0n) is 19.9. The third-order valence-electron chi connectivity index (χ3n) is 8.65. The molecule has 3 unspecified atom stereocenters. The number of carbonyl (C=O) groups excluding carboxylic acids is 1. The van der Waals surface area contributed by atoms with Crippen LogP contribution in [0, 0.1) is 40.2 Å². The number of amides is 1. The number of hydrogen-bond donors (Lipinski definition) is 3. The van der Waals surface area contributed by atoms with Gasteiger partial charge in [0.05, 0.1) is 10.6 Å². The molecule has 2 fully saturated rings. The lowest BCUT2D eigenvalue weighted by atomic mass is 9.53. The molecule has 5 rings (SSSR count). The third-order valence-corrected chi connectivity index (χ3v) is 9.48. The van der Waals surface area contributed by atoms with Gasteiger partial charge in [-0.25, -0.2) is 4.98 Å². The SMILES string of the molecule is Cc1cnc(NC(=O)CC[C@@H]2C/C(=N\O)[C@@]3(C)CCC4c5ccc(O)c([N+](=O)[O-])c5CCC4C23)s1. The van der Waals surface area contributed by atoms with Gasteiger partial charge in [-0.05, 0) is 80.8 Å². The van der Waals surface area contributed by atoms with Crippen molar-refractivity contribution in [1.29, 1.82) is 0 Å². The van der Waals surface area contributed by atoms with Crippen LogP contribution in [0.3, 0.4) is 0 Å².